The largest absolute Gasteiger partial charge is 0.446 e. The molecule has 1 aliphatic heterocycles. The number of pyridine rings is 1. The molecule has 10 heteroatoms. The lowest BCUT2D eigenvalue weighted by Gasteiger charge is -2.22. The number of imide groups is 1. The molecule has 6 nitrogen and oxygen atoms in total. The quantitative estimate of drug-likeness (QED) is 0.546. The van der Waals surface area contributed by atoms with Crippen LogP contribution in [0.3, 0.4) is 0 Å². The second-order valence-corrected chi connectivity index (χ2v) is 8.38. The van der Waals surface area contributed by atoms with Crippen molar-refractivity contribution in [1.82, 2.24) is 15.2 Å². The molecule has 30 heavy (non-hydrogen) atoms. The molecule has 2 atom stereocenters. The van der Waals surface area contributed by atoms with Crippen LogP contribution in [0.1, 0.15) is 24.0 Å². The summed E-state index contributed by atoms with van der Waals surface area (Å²) in [6.45, 7) is 2.48. The van der Waals surface area contributed by atoms with Gasteiger partial charge in [-0.15, -0.1) is 0 Å². The Labute approximate surface area is 176 Å². The van der Waals surface area contributed by atoms with Gasteiger partial charge in [0.15, 0.2) is 0 Å². The first-order chi connectivity index (χ1) is 14.1. The number of hydrogen-bond acceptors (Lipinski definition) is 5. The number of alkyl halides is 3. The summed E-state index contributed by atoms with van der Waals surface area (Å²) in [7, 11) is 3.85. The maximum atomic E-state index is 13.0. The number of carbonyl (C=O) groups is 2. The molecule has 0 radical (unpaired) electrons. The molecule has 1 N–H and O–H groups in total. The summed E-state index contributed by atoms with van der Waals surface area (Å²) >= 11 is -0.251. The smallest absolute Gasteiger partial charge is 0.325 e. The van der Waals surface area contributed by atoms with E-state index in [2.05, 4.69) is 10.3 Å². The highest BCUT2D eigenvalue weighted by atomic mass is 32.2. The molecule has 0 saturated carbocycles. The van der Waals surface area contributed by atoms with Gasteiger partial charge >= 0.3 is 11.5 Å². The standard InChI is InChI=1S/C20H21F3N4O2S/c1-12(16-8-9-24-10-13(16)11-26(2)3)17-18(28)27(19(29)25-17)14-4-6-15(7-5-14)30-20(21,22)23/h4-10,12,17H,11H2,1-3H3,(H,25,29). The zero-order valence-electron chi connectivity index (χ0n) is 16.6. The summed E-state index contributed by atoms with van der Waals surface area (Å²) in [5, 5.41) is 2.70. The van der Waals surface area contributed by atoms with Crippen LogP contribution in [0.4, 0.5) is 23.7 Å². The Kier molecular flexibility index (Phi) is 6.37. The number of amides is 3. The molecule has 1 aromatic heterocycles. The molecule has 2 unspecified atom stereocenters. The van der Waals surface area contributed by atoms with Crippen LogP contribution >= 0.6 is 11.8 Å². The predicted molar refractivity (Wildman–Crippen MR) is 108 cm³/mol. The van der Waals surface area contributed by atoms with Crippen molar-refractivity contribution in [2.45, 2.75) is 35.8 Å². The Morgan fingerprint density at radius 3 is 2.47 bits per heavy atom. The van der Waals surface area contributed by atoms with Gasteiger partial charge in [0.1, 0.15) is 6.04 Å². The first kappa shape index (κ1) is 22.1. The molecule has 2 aromatic rings. The summed E-state index contributed by atoms with van der Waals surface area (Å²) in [4.78, 5) is 32.6. The SMILES string of the molecule is CC(c1ccncc1CN(C)C)C1NC(=O)N(c2ccc(SC(F)(F)F)cc2)C1=O. The monoisotopic (exact) mass is 438 g/mol. The molecule has 1 saturated heterocycles. The normalized spacial score (nSPS) is 18.1. The highest BCUT2D eigenvalue weighted by molar-refractivity contribution is 8.00. The van der Waals surface area contributed by atoms with E-state index in [0.29, 0.717) is 6.54 Å². The van der Waals surface area contributed by atoms with Crippen molar-refractivity contribution >= 4 is 29.4 Å². The third-order valence-electron chi connectivity index (χ3n) is 4.72. The zero-order chi connectivity index (χ0) is 22.1. The van der Waals surface area contributed by atoms with Gasteiger partial charge in [0.05, 0.1) is 5.69 Å². The Bertz CT molecular complexity index is 934. The number of thioether (sulfide) groups is 1. The number of halogens is 3. The average Bonchev–Trinajstić information content (AvgIpc) is 2.95. The van der Waals surface area contributed by atoms with E-state index in [1.807, 2.05) is 32.0 Å². The topological polar surface area (TPSA) is 65.5 Å². The summed E-state index contributed by atoms with van der Waals surface area (Å²) in [6.07, 6.45) is 3.38. The maximum Gasteiger partial charge on any atom is 0.446 e. The lowest BCUT2D eigenvalue weighted by atomic mass is 9.90. The van der Waals surface area contributed by atoms with Crippen LogP contribution in [-0.4, -0.2) is 47.5 Å². The van der Waals surface area contributed by atoms with Crippen molar-refractivity contribution in [2.75, 3.05) is 19.0 Å². The van der Waals surface area contributed by atoms with Crippen LogP contribution < -0.4 is 10.2 Å². The van der Waals surface area contributed by atoms with E-state index in [0.717, 1.165) is 16.0 Å². The van der Waals surface area contributed by atoms with Crippen LogP contribution in [0.25, 0.3) is 0 Å². The minimum absolute atomic E-state index is 0.0201. The third-order valence-corrected chi connectivity index (χ3v) is 5.45. The number of carbonyl (C=O) groups excluding carboxylic acids is 2. The first-order valence-electron chi connectivity index (χ1n) is 9.14. The van der Waals surface area contributed by atoms with E-state index >= 15 is 0 Å². The van der Waals surface area contributed by atoms with E-state index in [9.17, 15) is 22.8 Å². The molecule has 0 bridgehead atoms. The van der Waals surface area contributed by atoms with Crippen molar-refractivity contribution in [2.24, 2.45) is 0 Å². The van der Waals surface area contributed by atoms with Gasteiger partial charge in [-0.1, -0.05) is 6.92 Å². The number of benzene rings is 1. The van der Waals surface area contributed by atoms with Gasteiger partial charge in [-0.25, -0.2) is 9.69 Å². The van der Waals surface area contributed by atoms with Gasteiger partial charge in [-0.2, -0.15) is 13.2 Å². The number of nitrogens with one attached hydrogen (secondary N) is 1. The van der Waals surface area contributed by atoms with E-state index in [-0.39, 0.29) is 28.3 Å². The van der Waals surface area contributed by atoms with Crippen LogP contribution in [0, 0.1) is 0 Å². The molecule has 1 aromatic carbocycles. The van der Waals surface area contributed by atoms with Crippen LogP contribution in [-0.2, 0) is 11.3 Å². The Balaban J connectivity index is 1.81. The second-order valence-electron chi connectivity index (χ2n) is 7.24. The Hall–Kier alpha value is -2.59. The number of hydrogen-bond donors (Lipinski definition) is 1. The predicted octanol–water partition coefficient (Wildman–Crippen LogP) is 3.98. The molecule has 0 aliphatic carbocycles. The number of anilines is 1. The number of rotatable bonds is 6. The van der Waals surface area contributed by atoms with Gasteiger partial charge in [-0.3, -0.25) is 9.78 Å². The van der Waals surface area contributed by atoms with Crippen molar-refractivity contribution in [3.8, 4) is 0 Å². The van der Waals surface area contributed by atoms with Crippen LogP contribution in [0.5, 0.6) is 0 Å². The number of urea groups is 1. The highest BCUT2D eigenvalue weighted by Crippen LogP contribution is 2.38. The number of nitrogens with zero attached hydrogens (tertiary/aromatic N) is 3. The molecular formula is C20H21F3N4O2S. The van der Waals surface area contributed by atoms with Crippen molar-refractivity contribution in [3.05, 3.63) is 53.9 Å². The first-order valence-corrected chi connectivity index (χ1v) is 9.96. The molecule has 160 valence electrons. The van der Waals surface area contributed by atoms with Crippen molar-refractivity contribution in [3.63, 3.8) is 0 Å². The lowest BCUT2D eigenvalue weighted by Crippen LogP contribution is -2.35. The summed E-state index contributed by atoms with van der Waals surface area (Å²) < 4.78 is 37.5. The van der Waals surface area contributed by atoms with Crippen LogP contribution in [0.2, 0.25) is 0 Å². The average molecular weight is 438 g/mol. The molecule has 1 aliphatic rings. The van der Waals surface area contributed by atoms with E-state index in [1.165, 1.54) is 24.3 Å². The fraction of sp³-hybridized carbons (Fsp3) is 0.350. The van der Waals surface area contributed by atoms with E-state index in [4.69, 9.17) is 0 Å². The van der Waals surface area contributed by atoms with Crippen molar-refractivity contribution in [1.29, 1.82) is 0 Å². The number of aromatic nitrogens is 1. The maximum absolute atomic E-state index is 13.0. The zero-order valence-corrected chi connectivity index (χ0v) is 17.4. The van der Waals surface area contributed by atoms with E-state index < -0.39 is 23.5 Å². The fourth-order valence-corrected chi connectivity index (χ4v) is 3.95. The summed E-state index contributed by atoms with van der Waals surface area (Å²) in [5.74, 6) is -0.763. The van der Waals surface area contributed by atoms with Crippen LogP contribution in [0.15, 0.2) is 47.6 Å². The van der Waals surface area contributed by atoms with Crippen molar-refractivity contribution < 1.29 is 22.8 Å². The molecule has 1 fully saturated rings. The van der Waals surface area contributed by atoms with Gasteiger partial charge in [-0.05, 0) is 67.3 Å². The third kappa shape index (κ3) is 4.93. The van der Waals surface area contributed by atoms with E-state index in [1.54, 1.807) is 12.4 Å². The molecular weight excluding hydrogens is 417 g/mol. The second kappa shape index (κ2) is 8.65. The van der Waals surface area contributed by atoms with Gasteiger partial charge < -0.3 is 10.2 Å². The fourth-order valence-electron chi connectivity index (χ4n) is 3.41. The molecule has 2 heterocycles. The molecule has 3 rings (SSSR count). The minimum atomic E-state index is -4.41. The Morgan fingerprint density at radius 1 is 1.20 bits per heavy atom. The Morgan fingerprint density at radius 2 is 1.87 bits per heavy atom. The molecule has 0 spiro atoms. The summed E-state index contributed by atoms with van der Waals surface area (Å²) in [5.41, 5.74) is -2.33. The lowest BCUT2D eigenvalue weighted by molar-refractivity contribution is -0.118. The highest BCUT2D eigenvalue weighted by Gasteiger charge is 2.42. The molecule has 3 amide bonds. The van der Waals surface area contributed by atoms with Gasteiger partial charge in [0.2, 0.25) is 0 Å². The summed E-state index contributed by atoms with van der Waals surface area (Å²) in [6, 6.07) is 5.59. The van der Waals surface area contributed by atoms with Gasteiger partial charge in [0, 0.05) is 29.8 Å². The van der Waals surface area contributed by atoms with Gasteiger partial charge in [0.25, 0.3) is 5.91 Å². The minimum Gasteiger partial charge on any atom is -0.325 e.